The van der Waals surface area contributed by atoms with Crippen molar-refractivity contribution < 1.29 is 35.9 Å². The number of fused-ring (bicyclic) bond motifs is 1. The van der Waals surface area contributed by atoms with Gasteiger partial charge in [-0.1, -0.05) is 12.1 Å². The Bertz CT molecular complexity index is 1310. The van der Waals surface area contributed by atoms with E-state index in [0.717, 1.165) is 5.56 Å². The Labute approximate surface area is 185 Å². The van der Waals surface area contributed by atoms with Crippen LogP contribution in [0.3, 0.4) is 0 Å². The Morgan fingerprint density at radius 2 is 1.70 bits per heavy atom. The molecule has 1 N–H and O–H groups in total. The van der Waals surface area contributed by atoms with Crippen LogP contribution < -0.4 is 10.1 Å². The highest BCUT2D eigenvalue weighted by molar-refractivity contribution is 7.15. The van der Waals surface area contributed by atoms with Gasteiger partial charge in [0.25, 0.3) is 11.9 Å². The molecule has 0 saturated carbocycles. The predicted molar refractivity (Wildman–Crippen MR) is 107 cm³/mol. The summed E-state index contributed by atoms with van der Waals surface area (Å²) in [6.07, 6.45) is -10.1. The highest BCUT2D eigenvalue weighted by Crippen LogP contribution is 2.36. The number of halogens is 6. The predicted octanol–water partition coefficient (Wildman–Crippen LogP) is 5.76. The molecule has 0 atom stereocenters. The first-order chi connectivity index (χ1) is 15.5. The van der Waals surface area contributed by atoms with Crippen molar-refractivity contribution in [1.29, 1.82) is 0 Å². The molecule has 0 bridgehead atoms. The summed E-state index contributed by atoms with van der Waals surface area (Å²) in [5, 5.41) is 8.02. The minimum atomic E-state index is -5.07. The van der Waals surface area contributed by atoms with Crippen molar-refractivity contribution in [3.63, 3.8) is 0 Å². The first kappa shape index (κ1) is 22.6. The molecular weight excluding hydrogens is 474 g/mol. The van der Waals surface area contributed by atoms with Crippen LogP contribution >= 0.6 is 11.3 Å². The fourth-order valence-electron chi connectivity index (χ4n) is 2.97. The molecule has 0 fully saturated rings. The van der Waals surface area contributed by atoms with E-state index in [-0.39, 0.29) is 12.0 Å². The average Bonchev–Trinajstić information content (AvgIpc) is 3.32. The van der Waals surface area contributed by atoms with E-state index >= 15 is 0 Å². The van der Waals surface area contributed by atoms with Gasteiger partial charge in [-0.05, 0) is 30.3 Å². The lowest BCUT2D eigenvalue weighted by atomic mass is 10.0. The van der Waals surface area contributed by atoms with Crippen molar-refractivity contribution in [2.75, 3.05) is 12.4 Å². The van der Waals surface area contributed by atoms with E-state index in [4.69, 9.17) is 4.74 Å². The summed E-state index contributed by atoms with van der Waals surface area (Å²) in [5.74, 6) is -0.903. The number of alkyl halides is 6. The first-order valence-electron chi connectivity index (χ1n) is 9.05. The number of nitrogens with zero attached hydrogens (tertiary/aromatic N) is 3. The second-order valence-corrected chi connectivity index (χ2v) is 7.57. The number of rotatable bonds is 4. The van der Waals surface area contributed by atoms with Gasteiger partial charge in [0.15, 0.2) is 0 Å². The number of aromatic nitrogens is 3. The summed E-state index contributed by atoms with van der Waals surface area (Å²) < 4.78 is 84.9. The van der Waals surface area contributed by atoms with E-state index in [9.17, 15) is 31.1 Å². The molecule has 4 aromatic rings. The standard InChI is InChI=1S/C20H12F6N4O2S/c1-32-14-4-2-3-10(7-14)15-9-33-18-28-17(29-30(15)18)27-16(31)11-5-12(19(21,22)23)8-13(6-11)20(24,25)26/h2-9H,1H3,(H,27,29,31). The normalized spacial score (nSPS) is 12.2. The molecule has 1 amide bonds. The Balaban J connectivity index is 1.66. The molecule has 172 valence electrons. The third-order valence-electron chi connectivity index (χ3n) is 4.52. The maximum Gasteiger partial charge on any atom is 0.416 e. The number of ether oxygens (including phenoxy) is 1. The fraction of sp³-hybridized carbons (Fsp3) is 0.150. The lowest BCUT2D eigenvalue weighted by Crippen LogP contribution is -2.17. The van der Waals surface area contributed by atoms with Gasteiger partial charge < -0.3 is 4.74 Å². The molecule has 4 rings (SSSR count). The second kappa shape index (κ2) is 8.06. The molecule has 13 heteroatoms. The van der Waals surface area contributed by atoms with Crippen molar-refractivity contribution in [3.8, 4) is 17.0 Å². The number of carbonyl (C=O) groups is 1. The van der Waals surface area contributed by atoms with E-state index in [1.807, 2.05) is 0 Å². The third-order valence-corrected chi connectivity index (χ3v) is 5.34. The summed E-state index contributed by atoms with van der Waals surface area (Å²) in [5.41, 5.74) is -2.71. The first-order valence-corrected chi connectivity index (χ1v) is 9.93. The van der Waals surface area contributed by atoms with E-state index in [0.29, 0.717) is 28.5 Å². The maximum atomic E-state index is 13.0. The molecule has 0 aliphatic heterocycles. The molecule has 33 heavy (non-hydrogen) atoms. The van der Waals surface area contributed by atoms with Crippen molar-refractivity contribution in [2.45, 2.75) is 12.4 Å². The van der Waals surface area contributed by atoms with Gasteiger partial charge in [0.05, 0.1) is 23.9 Å². The number of methoxy groups -OCH3 is 1. The summed E-state index contributed by atoms with van der Waals surface area (Å²) in [6, 6.07) is 7.64. The highest BCUT2D eigenvalue weighted by atomic mass is 32.1. The molecule has 2 aromatic heterocycles. The van der Waals surface area contributed by atoms with Gasteiger partial charge in [0.2, 0.25) is 4.96 Å². The van der Waals surface area contributed by atoms with Gasteiger partial charge in [0.1, 0.15) is 5.75 Å². The van der Waals surface area contributed by atoms with Crippen LogP contribution in [-0.4, -0.2) is 27.6 Å². The number of thiazole rings is 1. The molecule has 0 radical (unpaired) electrons. The number of carbonyl (C=O) groups excluding carboxylic acids is 1. The van der Waals surface area contributed by atoms with Gasteiger partial charge in [-0.2, -0.15) is 31.3 Å². The van der Waals surface area contributed by atoms with Gasteiger partial charge in [0, 0.05) is 16.5 Å². The van der Waals surface area contributed by atoms with Crippen LogP contribution in [0.1, 0.15) is 21.5 Å². The number of hydrogen-bond acceptors (Lipinski definition) is 5. The van der Waals surface area contributed by atoms with E-state index in [1.165, 1.54) is 23.0 Å². The summed E-state index contributed by atoms with van der Waals surface area (Å²) in [7, 11) is 1.50. The van der Waals surface area contributed by atoms with Crippen LogP contribution in [0.15, 0.2) is 47.8 Å². The van der Waals surface area contributed by atoms with Crippen LogP contribution in [0.25, 0.3) is 16.2 Å². The zero-order valence-corrected chi connectivity index (χ0v) is 17.3. The Kier molecular flexibility index (Phi) is 5.52. The second-order valence-electron chi connectivity index (χ2n) is 6.73. The van der Waals surface area contributed by atoms with Crippen LogP contribution in [0.4, 0.5) is 32.3 Å². The molecule has 0 spiro atoms. The van der Waals surface area contributed by atoms with Crippen LogP contribution in [0.5, 0.6) is 5.75 Å². The van der Waals surface area contributed by atoms with Crippen LogP contribution in [0, 0.1) is 0 Å². The lowest BCUT2D eigenvalue weighted by Gasteiger charge is -2.13. The Morgan fingerprint density at radius 1 is 1.03 bits per heavy atom. The molecule has 0 aliphatic carbocycles. The van der Waals surface area contributed by atoms with Gasteiger partial charge in [-0.25, -0.2) is 4.52 Å². The molecular formula is C20H12F6N4O2S. The van der Waals surface area contributed by atoms with Crippen molar-refractivity contribution in [3.05, 3.63) is 64.5 Å². The minimum absolute atomic E-state index is 0.0535. The molecule has 2 aromatic carbocycles. The number of anilines is 1. The van der Waals surface area contributed by atoms with Gasteiger partial charge in [-0.15, -0.1) is 16.4 Å². The number of amides is 1. The maximum absolute atomic E-state index is 13.0. The highest BCUT2D eigenvalue weighted by Gasteiger charge is 2.37. The van der Waals surface area contributed by atoms with Crippen molar-refractivity contribution in [2.24, 2.45) is 0 Å². The SMILES string of the molecule is COc1cccc(-c2csc3nc(NC(=O)c4cc(C(F)(F)F)cc(C(F)(F)F)c4)nn23)c1. The number of benzene rings is 2. The van der Waals surface area contributed by atoms with Crippen molar-refractivity contribution in [1.82, 2.24) is 14.6 Å². The third kappa shape index (κ3) is 4.62. The smallest absolute Gasteiger partial charge is 0.416 e. The zero-order valence-electron chi connectivity index (χ0n) is 16.5. The molecule has 6 nitrogen and oxygen atoms in total. The topological polar surface area (TPSA) is 68.5 Å². The Morgan fingerprint density at radius 3 is 2.30 bits per heavy atom. The van der Waals surface area contributed by atoms with E-state index in [2.05, 4.69) is 15.4 Å². The van der Waals surface area contributed by atoms with Crippen molar-refractivity contribution >= 4 is 28.2 Å². The van der Waals surface area contributed by atoms with Gasteiger partial charge in [-0.3, -0.25) is 10.1 Å². The monoisotopic (exact) mass is 486 g/mol. The molecule has 0 aliphatic rings. The van der Waals surface area contributed by atoms with E-state index < -0.39 is 35.0 Å². The number of hydrogen-bond donors (Lipinski definition) is 1. The summed E-state index contributed by atoms with van der Waals surface area (Å²) >= 11 is 1.18. The summed E-state index contributed by atoms with van der Waals surface area (Å²) in [4.78, 5) is 16.9. The molecule has 0 unspecified atom stereocenters. The zero-order chi connectivity index (χ0) is 24.0. The summed E-state index contributed by atoms with van der Waals surface area (Å²) in [6.45, 7) is 0. The fourth-order valence-corrected chi connectivity index (χ4v) is 3.81. The van der Waals surface area contributed by atoms with Crippen LogP contribution in [0.2, 0.25) is 0 Å². The average molecular weight is 486 g/mol. The largest absolute Gasteiger partial charge is 0.497 e. The molecule has 2 heterocycles. The lowest BCUT2D eigenvalue weighted by molar-refractivity contribution is -0.143. The molecule has 0 saturated heterocycles. The minimum Gasteiger partial charge on any atom is -0.497 e. The van der Waals surface area contributed by atoms with E-state index in [1.54, 1.807) is 29.6 Å². The number of nitrogens with one attached hydrogen (secondary N) is 1. The quantitative estimate of drug-likeness (QED) is 0.373. The van der Waals surface area contributed by atoms with Crippen LogP contribution in [-0.2, 0) is 12.4 Å². The van der Waals surface area contributed by atoms with Gasteiger partial charge >= 0.3 is 12.4 Å². The Hall–Kier alpha value is -3.61.